The molecule has 2 N–H and O–H groups in total. The summed E-state index contributed by atoms with van der Waals surface area (Å²) in [6.45, 7) is 6.52. The van der Waals surface area contributed by atoms with E-state index in [0.717, 1.165) is 55.6 Å². The molecule has 1 aromatic rings. The van der Waals surface area contributed by atoms with E-state index in [1.165, 1.54) is 0 Å². The van der Waals surface area contributed by atoms with Crippen LogP contribution >= 0.6 is 23.2 Å². The van der Waals surface area contributed by atoms with Crippen molar-refractivity contribution < 1.29 is 4.74 Å². The fraction of sp³-hybridized carbons (Fsp3) is 0.611. The van der Waals surface area contributed by atoms with Crippen molar-refractivity contribution in [3.63, 3.8) is 0 Å². The number of nitrogens with zero attached hydrogens (tertiary/aromatic N) is 1. The predicted octanol–water partition coefficient (Wildman–Crippen LogP) is 4.01. The quantitative estimate of drug-likeness (QED) is 0.607. The Morgan fingerprint density at radius 2 is 2.04 bits per heavy atom. The normalized spacial score (nSPS) is 19.0. The largest absolute Gasteiger partial charge is 0.381 e. The first kappa shape index (κ1) is 19.4. The number of hydrogen-bond acceptors (Lipinski definition) is 2. The van der Waals surface area contributed by atoms with Gasteiger partial charge < -0.3 is 15.4 Å². The summed E-state index contributed by atoms with van der Waals surface area (Å²) in [5.74, 6) is 0.820. The van der Waals surface area contributed by atoms with E-state index in [1.54, 1.807) is 7.05 Å². The molecule has 1 heterocycles. The zero-order chi connectivity index (χ0) is 17.6. The lowest BCUT2D eigenvalue weighted by atomic mass is 9.74. The van der Waals surface area contributed by atoms with E-state index in [0.29, 0.717) is 11.1 Å². The standard InChI is InChI=1S/C18H27Cl2N3O/c1-4-13(2)23-17(21-3)22-12-18(7-9-24-10-8-18)15-6-5-14(19)11-16(15)20/h5-6,11,13H,4,7-10,12H2,1-3H3,(H2,21,22,23). The Morgan fingerprint density at radius 3 is 2.62 bits per heavy atom. The monoisotopic (exact) mass is 371 g/mol. The predicted molar refractivity (Wildman–Crippen MR) is 102 cm³/mol. The minimum absolute atomic E-state index is 0.0764. The SMILES string of the molecule is CCC(C)NC(=NC)NCC1(c2ccc(Cl)cc2Cl)CCOCC1. The molecule has 24 heavy (non-hydrogen) atoms. The van der Waals surface area contributed by atoms with Gasteiger partial charge in [0.2, 0.25) is 0 Å². The van der Waals surface area contributed by atoms with Crippen molar-refractivity contribution in [1.82, 2.24) is 10.6 Å². The van der Waals surface area contributed by atoms with Crippen LogP contribution in [0, 0.1) is 0 Å². The highest BCUT2D eigenvalue weighted by Gasteiger charge is 2.36. The Bertz CT molecular complexity index is 571. The number of nitrogens with one attached hydrogen (secondary N) is 2. The number of halogens is 2. The van der Waals surface area contributed by atoms with Crippen LogP contribution in [0.1, 0.15) is 38.7 Å². The van der Waals surface area contributed by atoms with Gasteiger partial charge >= 0.3 is 0 Å². The van der Waals surface area contributed by atoms with Crippen LogP contribution in [0.4, 0.5) is 0 Å². The average molecular weight is 372 g/mol. The topological polar surface area (TPSA) is 45.7 Å². The van der Waals surface area contributed by atoms with Crippen LogP contribution < -0.4 is 10.6 Å². The molecule has 1 saturated heterocycles. The van der Waals surface area contributed by atoms with Crippen LogP contribution in [-0.4, -0.2) is 38.8 Å². The van der Waals surface area contributed by atoms with Crippen LogP contribution in [0.25, 0.3) is 0 Å². The summed E-state index contributed by atoms with van der Waals surface area (Å²) in [6, 6.07) is 6.15. The highest BCUT2D eigenvalue weighted by Crippen LogP contribution is 2.39. The first-order valence-corrected chi connectivity index (χ1v) is 9.27. The van der Waals surface area contributed by atoms with Crippen molar-refractivity contribution in [1.29, 1.82) is 0 Å². The minimum atomic E-state index is -0.0764. The molecule has 0 radical (unpaired) electrons. The Balaban J connectivity index is 2.19. The third kappa shape index (κ3) is 4.78. The van der Waals surface area contributed by atoms with Crippen molar-refractivity contribution in [3.8, 4) is 0 Å². The van der Waals surface area contributed by atoms with Crippen molar-refractivity contribution >= 4 is 29.2 Å². The lowest BCUT2D eigenvalue weighted by Gasteiger charge is -2.39. The molecule has 1 aliphatic rings. The van der Waals surface area contributed by atoms with Crippen LogP contribution in [0.15, 0.2) is 23.2 Å². The highest BCUT2D eigenvalue weighted by molar-refractivity contribution is 6.35. The molecule has 2 rings (SSSR count). The molecule has 0 aromatic heterocycles. The van der Waals surface area contributed by atoms with E-state index in [-0.39, 0.29) is 5.41 Å². The summed E-state index contributed by atoms with van der Waals surface area (Å²) in [7, 11) is 1.80. The van der Waals surface area contributed by atoms with Gasteiger partial charge in [-0.25, -0.2) is 0 Å². The molecule has 1 unspecified atom stereocenters. The first-order chi connectivity index (χ1) is 11.5. The summed E-state index contributed by atoms with van der Waals surface area (Å²) in [5, 5.41) is 8.26. The summed E-state index contributed by atoms with van der Waals surface area (Å²) < 4.78 is 5.58. The zero-order valence-corrected chi connectivity index (χ0v) is 16.2. The average Bonchev–Trinajstić information content (AvgIpc) is 2.59. The van der Waals surface area contributed by atoms with E-state index < -0.39 is 0 Å². The number of aliphatic imine (C=N–C) groups is 1. The number of hydrogen-bond donors (Lipinski definition) is 2. The minimum Gasteiger partial charge on any atom is -0.381 e. The van der Waals surface area contributed by atoms with Crippen LogP contribution in [0.2, 0.25) is 10.0 Å². The van der Waals surface area contributed by atoms with Gasteiger partial charge in [-0.15, -0.1) is 0 Å². The molecule has 134 valence electrons. The molecule has 4 nitrogen and oxygen atoms in total. The maximum atomic E-state index is 6.51. The second kappa shape index (κ2) is 8.93. The van der Waals surface area contributed by atoms with E-state index in [1.807, 2.05) is 18.2 Å². The van der Waals surface area contributed by atoms with Crippen molar-refractivity contribution in [3.05, 3.63) is 33.8 Å². The summed E-state index contributed by atoms with van der Waals surface area (Å²) in [6.07, 6.45) is 2.88. The molecule has 0 amide bonds. The molecule has 6 heteroatoms. The molecular weight excluding hydrogens is 345 g/mol. The molecule has 0 spiro atoms. The van der Waals surface area contributed by atoms with Crippen molar-refractivity contribution in [2.75, 3.05) is 26.8 Å². The van der Waals surface area contributed by atoms with Gasteiger partial charge in [0.25, 0.3) is 0 Å². The Morgan fingerprint density at radius 1 is 1.33 bits per heavy atom. The third-order valence-electron chi connectivity index (χ3n) is 4.77. The number of guanidine groups is 1. The summed E-state index contributed by atoms with van der Waals surface area (Å²) in [5.41, 5.74) is 1.05. The Kier molecular flexibility index (Phi) is 7.20. The van der Waals surface area contributed by atoms with E-state index in [4.69, 9.17) is 27.9 Å². The molecule has 1 fully saturated rings. The molecule has 0 bridgehead atoms. The van der Waals surface area contributed by atoms with Gasteiger partial charge in [-0.3, -0.25) is 4.99 Å². The molecule has 1 aromatic carbocycles. The van der Waals surface area contributed by atoms with Gasteiger partial charge in [0.1, 0.15) is 0 Å². The van der Waals surface area contributed by atoms with Gasteiger partial charge in [-0.2, -0.15) is 0 Å². The maximum absolute atomic E-state index is 6.51. The number of benzene rings is 1. The van der Waals surface area contributed by atoms with Gasteiger partial charge in [0, 0.05) is 48.3 Å². The molecule has 1 atom stereocenters. The molecule has 0 aliphatic carbocycles. The van der Waals surface area contributed by atoms with Crippen molar-refractivity contribution in [2.45, 2.75) is 44.6 Å². The van der Waals surface area contributed by atoms with Crippen LogP contribution in [-0.2, 0) is 10.2 Å². The third-order valence-corrected chi connectivity index (χ3v) is 5.31. The number of rotatable bonds is 5. The van der Waals surface area contributed by atoms with Gasteiger partial charge in [0.15, 0.2) is 5.96 Å². The molecule has 1 aliphatic heterocycles. The second-order valence-electron chi connectivity index (χ2n) is 6.40. The molecular formula is C18H27Cl2N3O. The lowest BCUT2D eigenvalue weighted by molar-refractivity contribution is 0.0514. The highest BCUT2D eigenvalue weighted by atomic mass is 35.5. The van der Waals surface area contributed by atoms with Crippen molar-refractivity contribution in [2.24, 2.45) is 4.99 Å². The van der Waals surface area contributed by atoms with E-state index in [2.05, 4.69) is 29.5 Å². The fourth-order valence-electron chi connectivity index (χ4n) is 3.01. The van der Waals surface area contributed by atoms with Gasteiger partial charge in [-0.05, 0) is 43.9 Å². The number of ether oxygens (including phenoxy) is 1. The molecule has 0 saturated carbocycles. The maximum Gasteiger partial charge on any atom is 0.191 e. The summed E-state index contributed by atoms with van der Waals surface area (Å²) in [4.78, 5) is 4.33. The van der Waals surface area contributed by atoms with E-state index >= 15 is 0 Å². The lowest BCUT2D eigenvalue weighted by Crippen LogP contribution is -2.49. The van der Waals surface area contributed by atoms with Gasteiger partial charge in [0.05, 0.1) is 0 Å². The van der Waals surface area contributed by atoms with E-state index in [9.17, 15) is 0 Å². The Labute approximate surface area is 155 Å². The first-order valence-electron chi connectivity index (χ1n) is 8.51. The smallest absolute Gasteiger partial charge is 0.191 e. The van der Waals surface area contributed by atoms with Crippen LogP contribution in [0.5, 0.6) is 0 Å². The fourth-order valence-corrected chi connectivity index (χ4v) is 3.61. The van der Waals surface area contributed by atoms with Crippen LogP contribution in [0.3, 0.4) is 0 Å². The summed E-state index contributed by atoms with van der Waals surface area (Å²) >= 11 is 12.6. The second-order valence-corrected chi connectivity index (χ2v) is 7.24. The zero-order valence-electron chi connectivity index (χ0n) is 14.7. The van der Waals surface area contributed by atoms with Gasteiger partial charge in [-0.1, -0.05) is 36.2 Å². The Hall–Kier alpha value is -0.970.